The monoisotopic (exact) mass is 806 g/mol. The zero-order valence-corrected chi connectivity index (χ0v) is 35.2. The Morgan fingerprint density at radius 2 is 1.46 bits per heavy atom. The molecule has 5 aromatic carbocycles. The van der Waals surface area contributed by atoms with Crippen LogP contribution >= 0.6 is 11.8 Å². The van der Waals surface area contributed by atoms with E-state index in [4.69, 9.17) is 14.2 Å². The summed E-state index contributed by atoms with van der Waals surface area (Å²) in [7, 11) is 3.54. The summed E-state index contributed by atoms with van der Waals surface area (Å²) in [5.41, 5.74) is 11.2. The van der Waals surface area contributed by atoms with E-state index < -0.39 is 0 Å². The third-order valence-electron chi connectivity index (χ3n) is 11.7. The minimum atomic E-state index is -0.195. The van der Waals surface area contributed by atoms with Crippen LogP contribution in [0.25, 0.3) is 0 Å². The van der Waals surface area contributed by atoms with Gasteiger partial charge in [-0.25, -0.2) is 0 Å². The van der Waals surface area contributed by atoms with E-state index in [1.807, 2.05) is 94.7 Å². The van der Waals surface area contributed by atoms with Crippen LogP contribution in [-0.2, 0) is 32.5 Å². The summed E-state index contributed by atoms with van der Waals surface area (Å²) < 4.78 is 20.9. The number of carbonyl (C=O) groups is 2. The Kier molecular flexibility index (Phi) is 10.6. The number of para-hydroxylation sites is 2. The quantitative estimate of drug-likeness (QED) is 0.0767. The summed E-state index contributed by atoms with van der Waals surface area (Å²) in [6, 6.07) is 30.3. The van der Waals surface area contributed by atoms with Crippen molar-refractivity contribution in [1.82, 2.24) is 0 Å². The molecule has 4 aliphatic heterocycles. The minimum absolute atomic E-state index is 0.0222. The molecule has 0 radical (unpaired) electrons. The molecular formula is C49H50N4O5S. The van der Waals surface area contributed by atoms with Gasteiger partial charge in [-0.3, -0.25) is 9.59 Å². The fourth-order valence-electron chi connectivity index (χ4n) is 8.84. The molecule has 59 heavy (non-hydrogen) atoms. The van der Waals surface area contributed by atoms with E-state index >= 15 is 0 Å². The molecule has 0 bridgehead atoms. The molecule has 0 saturated heterocycles. The van der Waals surface area contributed by atoms with Crippen LogP contribution in [0, 0.1) is 12.8 Å². The molecule has 4 heterocycles. The predicted octanol–water partition coefficient (Wildman–Crippen LogP) is 8.90. The third-order valence-corrected chi connectivity index (χ3v) is 13.1. The summed E-state index contributed by atoms with van der Waals surface area (Å²) >= 11 is 1.97. The van der Waals surface area contributed by atoms with E-state index in [1.54, 1.807) is 13.2 Å². The number of carbonyl (C=O) groups excluding carboxylic acids is 2. The van der Waals surface area contributed by atoms with Crippen LogP contribution in [0.2, 0.25) is 0 Å². The zero-order valence-electron chi connectivity index (χ0n) is 34.3. The normalized spacial score (nSPS) is 17.5. The van der Waals surface area contributed by atoms with Gasteiger partial charge in [0.1, 0.15) is 31.8 Å². The van der Waals surface area contributed by atoms with Gasteiger partial charge in [0.05, 0.1) is 30.1 Å². The number of methoxy groups -OCH3 is 1. The molecule has 9 nitrogen and oxygen atoms in total. The van der Waals surface area contributed by atoms with E-state index in [1.165, 1.54) is 11.1 Å². The van der Waals surface area contributed by atoms with Crippen LogP contribution < -0.4 is 29.3 Å². The number of hydrogen-bond acceptors (Lipinski definition) is 7. The first kappa shape index (κ1) is 38.8. The summed E-state index contributed by atoms with van der Waals surface area (Å²) in [6.07, 6.45) is 6.01. The van der Waals surface area contributed by atoms with Crippen LogP contribution in [0.5, 0.6) is 17.2 Å². The molecule has 9 rings (SSSR count). The van der Waals surface area contributed by atoms with Gasteiger partial charge in [-0.2, -0.15) is 11.8 Å². The lowest BCUT2D eigenvalue weighted by atomic mass is 10.0. The van der Waals surface area contributed by atoms with Crippen molar-refractivity contribution in [3.05, 3.63) is 136 Å². The number of nitrogens with zero attached hydrogens (tertiary/aromatic N) is 3. The summed E-state index contributed by atoms with van der Waals surface area (Å²) in [5.74, 6) is 4.51. The summed E-state index contributed by atoms with van der Waals surface area (Å²) in [4.78, 5) is 31.9. The van der Waals surface area contributed by atoms with E-state index in [-0.39, 0.29) is 23.9 Å². The first-order chi connectivity index (χ1) is 28.6. The molecule has 2 atom stereocenters. The van der Waals surface area contributed by atoms with Crippen molar-refractivity contribution in [2.75, 3.05) is 47.3 Å². The lowest BCUT2D eigenvalue weighted by Crippen LogP contribution is -2.39. The maximum absolute atomic E-state index is 14.1. The summed E-state index contributed by atoms with van der Waals surface area (Å²) in [6.45, 7) is 7.83. The van der Waals surface area contributed by atoms with Crippen LogP contribution in [0.4, 0.5) is 22.7 Å². The molecule has 0 aliphatic carbocycles. The van der Waals surface area contributed by atoms with Crippen molar-refractivity contribution >= 4 is 52.5 Å². The molecule has 0 unspecified atom stereocenters. The van der Waals surface area contributed by atoms with Gasteiger partial charge < -0.3 is 33.9 Å². The number of fused-ring (bicyclic) bond motifs is 8. The van der Waals surface area contributed by atoms with Gasteiger partial charge in [-0.05, 0) is 113 Å². The van der Waals surface area contributed by atoms with Gasteiger partial charge in [0.2, 0.25) is 5.91 Å². The van der Waals surface area contributed by atoms with E-state index in [2.05, 4.69) is 55.7 Å². The summed E-state index contributed by atoms with van der Waals surface area (Å²) in [5, 5.41) is 3.57. The number of ether oxygens (including phenoxy) is 3. The molecule has 0 fully saturated rings. The first-order valence-corrected chi connectivity index (χ1v) is 21.7. The van der Waals surface area contributed by atoms with Crippen molar-refractivity contribution in [3.63, 3.8) is 0 Å². The van der Waals surface area contributed by atoms with Gasteiger partial charge in [0.15, 0.2) is 5.75 Å². The molecule has 5 aromatic rings. The highest BCUT2D eigenvalue weighted by atomic mass is 32.2. The number of aryl methyl sites for hydroxylation is 2. The van der Waals surface area contributed by atoms with Crippen molar-refractivity contribution in [2.24, 2.45) is 5.92 Å². The number of rotatable bonds is 12. The average Bonchev–Trinajstić information content (AvgIpc) is 3.73. The standard InChI is InChI=1S/C49H50N4O5S/c1-30(2)29-59-15-14-32-17-33(27-57-45-23-41-39(16-31(45)3)48(54)52-37(25-50-41)20-35-10-6-8-12-42(35)52)19-34(18-32)28-58-47-24-44-40(22-46(47)56-5)49(55)53-38(26-51(44)4)21-36-11-7-9-13-43(36)53/h6-13,16-19,22-24,30,37-38,50H,14-15,20-21,25,27-29H2,1-5H3/t37-,38-/m0/s1. The second-order valence-corrected chi connectivity index (χ2v) is 17.5. The van der Waals surface area contributed by atoms with Crippen molar-refractivity contribution in [1.29, 1.82) is 0 Å². The van der Waals surface area contributed by atoms with Crippen molar-refractivity contribution < 1.29 is 28.4 Å². The van der Waals surface area contributed by atoms with Crippen LogP contribution in [-0.4, -0.2) is 66.9 Å². The number of benzene rings is 5. The Morgan fingerprint density at radius 3 is 2.19 bits per heavy atom. The molecule has 0 spiro atoms. The Labute approximate surface area is 351 Å². The second-order valence-electron chi connectivity index (χ2n) is 16.4. The molecule has 10 heteroatoms. The Hall–Kier alpha value is -5.74. The van der Waals surface area contributed by atoms with Crippen LogP contribution in [0.1, 0.15) is 67.9 Å². The smallest absolute Gasteiger partial charge is 0.260 e. The predicted molar refractivity (Wildman–Crippen MR) is 236 cm³/mol. The largest absolute Gasteiger partial charge is 0.493 e. The Bertz CT molecular complexity index is 2500. The first-order valence-electron chi connectivity index (χ1n) is 20.5. The maximum atomic E-state index is 14.1. The fourth-order valence-corrected chi connectivity index (χ4v) is 9.86. The highest BCUT2D eigenvalue weighted by Gasteiger charge is 2.38. The van der Waals surface area contributed by atoms with Crippen LogP contribution in [0.3, 0.4) is 0 Å². The van der Waals surface area contributed by atoms with Crippen molar-refractivity contribution in [3.8, 4) is 17.2 Å². The van der Waals surface area contributed by atoms with Gasteiger partial charge >= 0.3 is 0 Å². The number of nitrogens with one attached hydrogen (secondary N) is 1. The number of hydrogen-bond donors (Lipinski definition) is 1. The van der Waals surface area contributed by atoms with Crippen molar-refractivity contribution in [2.45, 2.75) is 65.3 Å². The van der Waals surface area contributed by atoms with E-state index in [0.717, 1.165) is 81.5 Å². The molecule has 0 aromatic heterocycles. The highest BCUT2D eigenvalue weighted by molar-refractivity contribution is 7.99. The number of amides is 2. The Balaban J connectivity index is 0.953. The topological polar surface area (TPSA) is 83.3 Å². The van der Waals surface area contributed by atoms with Gasteiger partial charge in [-0.15, -0.1) is 0 Å². The maximum Gasteiger partial charge on any atom is 0.260 e. The molecule has 1 N–H and O–H groups in total. The molecule has 4 aliphatic rings. The lowest BCUT2D eigenvalue weighted by Gasteiger charge is -2.23. The van der Waals surface area contributed by atoms with Gasteiger partial charge in [-0.1, -0.05) is 62.4 Å². The van der Waals surface area contributed by atoms with Gasteiger partial charge in [0, 0.05) is 41.8 Å². The van der Waals surface area contributed by atoms with Crippen LogP contribution in [0.15, 0.2) is 91.0 Å². The fraction of sp³-hybridized carbons (Fsp3) is 0.327. The number of anilines is 3. The second kappa shape index (κ2) is 16.1. The average molecular weight is 807 g/mol. The molecule has 302 valence electrons. The van der Waals surface area contributed by atoms with Gasteiger partial charge in [0.25, 0.3) is 5.91 Å². The third kappa shape index (κ3) is 7.55. The SMILES string of the molecule is COc1cc2c(cc1OCc1cc(CCSCC(C)C)cc(COc3cc4c(cc3C)C(=O)N3c5ccccc5C[C@H]3CN4)c1)[N+](C)=[C-][C@@H]1Cc3ccccc3N1C2=O. The molecule has 2 amide bonds. The molecule has 0 saturated carbocycles. The zero-order chi connectivity index (χ0) is 40.8. The minimum Gasteiger partial charge on any atom is -0.493 e. The lowest BCUT2D eigenvalue weighted by molar-refractivity contribution is -0.401. The Morgan fingerprint density at radius 1 is 0.797 bits per heavy atom. The highest BCUT2D eigenvalue weighted by Crippen LogP contribution is 2.42. The number of thioether (sulfide) groups is 1. The van der Waals surface area contributed by atoms with E-state index in [0.29, 0.717) is 48.3 Å². The molecular weight excluding hydrogens is 757 g/mol. The van der Waals surface area contributed by atoms with E-state index in [9.17, 15) is 9.59 Å².